The van der Waals surface area contributed by atoms with E-state index in [4.69, 9.17) is 0 Å². The van der Waals surface area contributed by atoms with Gasteiger partial charge >= 0.3 is 0 Å². The average Bonchev–Trinajstić information content (AvgIpc) is 2.84. The van der Waals surface area contributed by atoms with Crippen molar-refractivity contribution in [2.24, 2.45) is 0 Å². The van der Waals surface area contributed by atoms with Gasteiger partial charge in [0, 0.05) is 36.6 Å². The smallest absolute Gasteiger partial charge is 0.155 e. The zero-order valence-electron chi connectivity index (χ0n) is 12.7. The van der Waals surface area contributed by atoms with E-state index in [2.05, 4.69) is 53.5 Å². The Kier molecular flexibility index (Phi) is 3.71. The first-order valence-electron chi connectivity index (χ1n) is 7.23. The van der Waals surface area contributed by atoms with E-state index in [1.807, 2.05) is 29.9 Å². The lowest BCUT2D eigenvalue weighted by Crippen LogP contribution is -2.18. The molecule has 3 rings (SSSR count). The van der Waals surface area contributed by atoms with E-state index in [-0.39, 0.29) is 0 Å². The second kappa shape index (κ2) is 5.66. The third kappa shape index (κ3) is 3.11. The minimum absolute atomic E-state index is 0.306. The first-order valence-corrected chi connectivity index (χ1v) is 7.23. The Hall–Kier alpha value is -2.20. The maximum atomic E-state index is 4.42. The minimum atomic E-state index is 0.306. The fourth-order valence-electron chi connectivity index (χ4n) is 2.37. The Balaban J connectivity index is 1.69. The molecule has 1 N–H and O–H groups in total. The van der Waals surface area contributed by atoms with Crippen LogP contribution in [0.5, 0.6) is 0 Å². The van der Waals surface area contributed by atoms with E-state index < -0.39 is 0 Å². The molecule has 2 heterocycles. The van der Waals surface area contributed by atoms with Crippen molar-refractivity contribution in [2.75, 3.05) is 0 Å². The van der Waals surface area contributed by atoms with Crippen molar-refractivity contribution in [3.8, 4) is 0 Å². The topological polar surface area (TPSA) is 42.2 Å². The Morgan fingerprint density at radius 3 is 2.71 bits per heavy atom. The van der Waals surface area contributed by atoms with Gasteiger partial charge in [0.1, 0.15) is 0 Å². The van der Waals surface area contributed by atoms with Crippen molar-refractivity contribution in [3.63, 3.8) is 0 Å². The van der Waals surface area contributed by atoms with Crippen molar-refractivity contribution in [1.82, 2.24) is 19.9 Å². The van der Waals surface area contributed by atoms with Crippen molar-refractivity contribution in [3.05, 3.63) is 65.1 Å². The molecule has 0 bridgehead atoms. The molecule has 0 saturated heterocycles. The van der Waals surface area contributed by atoms with Crippen LogP contribution < -0.4 is 5.32 Å². The van der Waals surface area contributed by atoms with Gasteiger partial charge < -0.3 is 5.32 Å². The highest BCUT2D eigenvalue weighted by Crippen LogP contribution is 2.14. The normalized spacial score (nSPS) is 12.7. The highest BCUT2D eigenvalue weighted by molar-refractivity contribution is 5.38. The lowest BCUT2D eigenvalue weighted by atomic mass is 10.1. The summed E-state index contributed by atoms with van der Waals surface area (Å²) in [5.41, 5.74) is 5.59. The SMILES string of the molecule is Cc1ccc([C@@H](C)NCc2cnc3cc(C)nn3c2)cc1. The molecule has 0 amide bonds. The molecule has 2 aromatic heterocycles. The number of nitrogens with zero attached hydrogens (tertiary/aromatic N) is 3. The number of nitrogens with one attached hydrogen (secondary N) is 1. The van der Waals surface area contributed by atoms with E-state index in [9.17, 15) is 0 Å². The van der Waals surface area contributed by atoms with Gasteiger partial charge in [0.05, 0.1) is 5.69 Å². The van der Waals surface area contributed by atoms with Crippen molar-refractivity contribution >= 4 is 5.65 Å². The quantitative estimate of drug-likeness (QED) is 0.798. The van der Waals surface area contributed by atoms with Crippen LogP contribution >= 0.6 is 0 Å². The summed E-state index contributed by atoms with van der Waals surface area (Å²) in [6, 6.07) is 10.9. The Morgan fingerprint density at radius 1 is 1.19 bits per heavy atom. The third-order valence-electron chi connectivity index (χ3n) is 3.68. The van der Waals surface area contributed by atoms with Crippen LogP contribution in [0.1, 0.15) is 35.3 Å². The van der Waals surface area contributed by atoms with Gasteiger partial charge in [0.25, 0.3) is 0 Å². The van der Waals surface area contributed by atoms with Gasteiger partial charge in [-0.15, -0.1) is 0 Å². The second-order valence-electron chi connectivity index (χ2n) is 5.56. The standard InChI is InChI=1S/C17H20N4/c1-12-4-6-16(7-5-12)14(3)18-9-15-10-19-17-8-13(2)20-21(17)11-15/h4-8,10-11,14,18H,9H2,1-3H3/t14-/m1/s1. The number of rotatable bonds is 4. The molecule has 0 aliphatic carbocycles. The summed E-state index contributed by atoms with van der Waals surface area (Å²) in [6.07, 6.45) is 3.94. The molecule has 108 valence electrons. The molecule has 0 aliphatic heterocycles. The minimum Gasteiger partial charge on any atom is -0.306 e. The number of aromatic nitrogens is 3. The van der Waals surface area contributed by atoms with Crippen LogP contribution in [0, 0.1) is 13.8 Å². The lowest BCUT2D eigenvalue weighted by molar-refractivity contribution is 0.572. The molecule has 1 aromatic carbocycles. The van der Waals surface area contributed by atoms with Crippen LogP contribution in [-0.2, 0) is 6.54 Å². The summed E-state index contributed by atoms with van der Waals surface area (Å²) in [4.78, 5) is 4.42. The van der Waals surface area contributed by atoms with Crippen molar-refractivity contribution in [2.45, 2.75) is 33.4 Å². The molecule has 0 fully saturated rings. The van der Waals surface area contributed by atoms with Crippen LogP contribution in [0.2, 0.25) is 0 Å². The maximum Gasteiger partial charge on any atom is 0.155 e. The lowest BCUT2D eigenvalue weighted by Gasteiger charge is -2.14. The predicted molar refractivity (Wildman–Crippen MR) is 84.2 cm³/mol. The summed E-state index contributed by atoms with van der Waals surface area (Å²) in [7, 11) is 0. The Bertz CT molecular complexity index is 743. The molecule has 1 atom stereocenters. The molecule has 0 radical (unpaired) electrons. The van der Waals surface area contributed by atoms with Gasteiger partial charge in [-0.1, -0.05) is 29.8 Å². The number of hydrogen-bond acceptors (Lipinski definition) is 3. The largest absolute Gasteiger partial charge is 0.306 e. The van der Waals surface area contributed by atoms with Gasteiger partial charge in [-0.2, -0.15) is 5.10 Å². The fraction of sp³-hybridized carbons (Fsp3) is 0.294. The molecular weight excluding hydrogens is 260 g/mol. The summed E-state index contributed by atoms with van der Waals surface area (Å²) in [5.74, 6) is 0. The fourth-order valence-corrected chi connectivity index (χ4v) is 2.37. The van der Waals surface area contributed by atoms with Crippen LogP contribution in [0.3, 0.4) is 0 Å². The van der Waals surface area contributed by atoms with Gasteiger partial charge in [-0.3, -0.25) is 0 Å². The van der Waals surface area contributed by atoms with Gasteiger partial charge in [0.15, 0.2) is 5.65 Å². The monoisotopic (exact) mass is 280 g/mol. The van der Waals surface area contributed by atoms with E-state index >= 15 is 0 Å². The zero-order valence-corrected chi connectivity index (χ0v) is 12.7. The summed E-state index contributed by atoms with van der Waals surface area (Å²) < 4.78 is 1.84. The number of aryl methyl sites for hydroxylation is 2. The van der Waals surface area contributed by atoms with Crippen molar-refractivity contribution < 1.29 is 0 Å². The van der Waals surface area contributed by atoms with Crippen molar-refractivity contribution in [1.29, 1.82) is 0 Å². The predicted octanol–water partition coefficient (Wildman–Crippen LogP) is 3.20. The number of hydrogen-bond donors (Lipinski definition) is 1. The molecule has 4 nitrogen and oxygen atoms in total. The first-order chi connectivity index (χ1) is 10.1. The van der Waals surface area contributed by atoms with E-state index in [0.717, 1.165) is 23.4 Å². The van der Waals surface area contributed by atoms with E-state index in [1.165, 1.54) is 11.1 Å². The number of benzene rings is 1. The van der Waals surface area contributed by atoms with Crippen LogP contribution in [-0.4, -0.2) is 14.6 Å². The summed E-state index contributed by atoms with van der Waals surface area (Å²) in [6.45, 7) is 7.03. The molecule has 21 heavy (non-hydrogen) atoms. The molecule has 0 aliphatic rings. The maximum absolute atomic E-state index is 4.42. The Morgan fingerprint density at radius 2 is 1.95 bits per heavy atom. The number of fused-ring (bicyclic) bond motifs is 1. The van der Waals surface area contributed by atoms with E-state index in [0.29, 0.717) is 6.04 Å². The van der Waals surface area contributed by atoms with E-state index in [1.54, 1.807) is 0 Å². The zero-order chi connectivity index (χ0) is 14.8. The average molecular weight is 280 g/mol. The van der Waals surface area contributed by atoms with Crippen LogP contribution in [0.25, 0.3) is 5.65 Å². The summed E-state index contributed by atoms with van der Waals surface area (Å²) >= 11 is 0. The third-order valence-corrected chi connectivity index (χ3v) is 3.68. The molecule has 4 heteroatoms. The highest BCUT2D eigenvalue weighted by Gasteiger charge is 2.06. The Labute approximate surface area is 124 Å². The van der Waals surface area contributed by atoms with Gasteiger partial charge in [0.2, 0.25) is 0 Å². The highest BCUT2D eigenvalue weighted by atomic mass is 15.2. The van der Waals surface area contributed by atoms with Gasteiger partial charge in [-0.05, 0) is 26.3 Å². The second-order valence-corrected chi connectivity index (χ2v) is 5.56. The summed E-state index contributed by atoms with van der Waals surface area (Å²) in [5, 5.41) is 7.92. The molecular formula is C17H20N4. The van der Waals surface area contributed by atoms with Crippen LogP contribution in [0.4, 0.5) is 0 Å². The molecule has 0 unspecified atom stereocenters. The molecule has 0 spiro atoms. The van der Waals surface area contributed by atoms with Crippen LogP contribution in [0.15, 0.2) is 42.7 Å². The molecule has 0 saturated carbocycles. The first kappa shape index (κ1) is 13.8. The molecule has 3 aromatic rings. The van der Waals surface area contributed by atoms with Gasteiger partial charge in [-0.25, -0.2) is 9.50 Å².